The fourth-order valence-corrected chi connectivity index (χ4v) is 2.47. The smallest absolute Gasteiger partial charge is 0.323 e. The van der Waals surface area contributed by atoms with Crippen molar-refractivity contribution in [1.82, 2.24) is 4.90 Å². The fraction of sp³-hybridized carbons (Fsp3) is 0.214. The molecule has 8 heteroatoms. The molecule has 0 saturated heterocycles. The van der Waals surface area contributed by atoms with Crippen molar-refractivity contribution in [2.24, 2.45) is 0 Å². The summed E-state index contributed by atoms with van der Waals surface area (Å²) >= 11 is 5.77. The first-order valence-electron chi connectivity index (χ1n) is 6.05. The van der Waals surface area contributed by atoms with Crippen LogP contribution >= 0.6 is 24.0 Å². The summed E-state index contributed by atoms with van der Waals surface area (Å²) in [5.41, 5.74) is 0.617. The normalized spacial score (nSPS) is 10.9. The average Bonchev–Trinajstić information content (AvgIpc) is 2.47. The van der Waals surface area contributed by atoms with Gasteiger partial charge in [0.15, 0.2) is 11.5 Å². The van der Waals surface area contributed by atoms with Crippen LogP contribution in [0.25, 0.3) is 6.08 Å². The van der Waals surface area contributed by atoms with E-state index < -0.39 is 18.4 Å². The molecule has 1 aromatic carbocycles. The van der Waals surface area contributed by atoms with Gasteiger partial charge in [-0.15, -0.1) is 0 Å². The van der Waals surface area contributed by atoms with Gasteiger partial charge in [0.05, 0.1) is 12.0 Å². The molecule has 0 atom stereocenters. The molecule has 1 amide bonds. The molecule has 0 radical (unpaired) electrons. The highest BCUT2D eigenvalue weighted by molar-refractivity contribution is 8.24. The van der Waals surface area contributed by atoms with Crippen LogP contribution in [0.5, 0.6) is 11.5 Å². The van der Waals surface area contributed by atoms with Gasteiger partial charge in [-0.05, 0) is 23.8 Å². The molecule has 0 aromatic heterocycles. The van der Waals surface area contributed by atoms with Crippen molar-refractivity contribution in [2.45, 2.75) is 0 Å². The predicted octanol–water partition coefficient (Wildman–Crippen LogP) is 1.98. The van der Waals surface area contributed by atoms with E-state index in [1.54, 1.807) is 18.2 Å². The molecule has 1 rings (SSSR count). The summed E-state index contributed by atoms with van der Waals surface area (Å²) in [7, 11) is 2.81. The molecule has 0 saturated carbocycles. The number of thiocarbonyl (C=S) groups is 1. The van der Waals surface area contributed by atoms with Gasteiger partial charge in [0.25, 0.3) is 5.91 Å². The summed E-state index contributed by atoms with van der Waals surface area (Å²) in [6.45, 7) is -0.410. The lowest BCUT2D eigenvalue weighted by molar-refractivity contribution is -0.141. The number of carbonyl (C=O) groups excluding carboxylic acids is 1. The van der Waals surface area contributed by atoms with Gasteiger partial charge in [0, 0.05) is 11.7 Å². The molecule has 0 fully saturated rings. The number of hydrogen-bond acceptors (Lipinski definition) is 6. The van der Waals surface area contributed by atoms with Crippen molar-refractivity contribution in [3.05, 3.63) is 28.7 Å². The summed E-state index contributed by atoms with van der Waals surface area (Å²) in [5.74, 6) is -1.31. The summed E-state index contributed by atoms with van der Waals surface area (Å²) in [6, 6.07) is 4.60. The number of hydrogen-bond donors (Lipinski definition) is 2. The molecule has 6 nitrogen and oxygen atoms in total. The van der Waals surface area contributed by atoms with Crippen LogP contribution in [0.4, 0.5) is 0 Å². The maximum absolute atomic E-state index is 12.2. The molecule has 22 heavy (non-hydrogen) atoms. The Labute approximate surface area is 137 Å². The van der Waals surface area contributed by atoms with Crippen LogP contribution in [-0.4, -0.2) is 52.4 Å². The van der Waals surface area contributed by atoms with Crippen LogP contribution < -0.4 is 4.74 Å². The second kappa shape index (κ2) is 8.40. The van der Waals surface area contributed by atoms with E-state index in [2.05, 4.69) is 0 Å². The number of aromatic hydroxyl groups is 1. The Bertz CT molecular complexity index is 615. The summed E-state index contributed by atoms with van der Waals surface area (Å²) in [5, 5.41) is 18.3. The first-order valence-corrected chi connectivity index (χ1v) is 7.40. The third kappa shape index (κ3) is 5.05. The molecule has 1 aromatic rings. The van der Waals surface area contributed by atoms with E-state index in [4.69, 9.17) is 22.1 Å². The molecule has 0 aliphatic rings. The number of carbonyl (C=O) groups is 2. The van der Waals surface area contributed by atoms with Crippen LogP contribution in [0, 0.1) is 0 Å². The van der Waals surface area contributed by atoms with Crippen LogP contribution in [-0.2, 0) is 9.59 Å². The lowest BCUT2D eigenvalue weighted by atomic mass is 10.2. The van der Waals surface area contributed by atoms with Crippen LogP contribution in [0.3, 0.4) is 0 Å². The largest absolute Gasteiger partial charge is 0.504 e. The average molecular weight is 341 g/mol. The van der Waals surface area contributed by atoms with Crippen molar-refractivity contribution in [2.75, 3.05) is 20.7 Å². The van der Waals surface area contributed by atoms with Crippen molar-refractivity contribution < 1.29 is 24.5 Å². The molecule has 0 bridgehead atoms. The Morgan fingerprint density at radius 3 is 2.68 bits per heavy atom. The molecular formula is C14H15NO5S2. The summed E-state index contributed by atoms with van der Waals surface area (Å²) < 4.78 is 6.32. The molecule has 0 unspecified atom stereocenters. The van der Waals surface area contributed by atoms with Crippen molar-refractivity contribution in [3.8, 4) is 11.5 Å². The number of aliphatic carboxylic acids is 1. The Balaban J connectivity index is 3.10. The molecular weight excluding hydrogens is 326 g/mol. The van der Waals surface area contributed by atoms with Crippen LogP contribution in [0.2, 0.25) is 0 Å². The number of methoxy groups -OCH3 is 1. The van der Waals surface area contributed by atoms with Crippen molar-refractivity contribution in [1.29, 1.82) is 0 Å². The Morgan fingerprint density at radius 1 is 1.45 bits per heavy atom. The molecule has 0 heterocycles. The highest BCUT2D eigenvalue weighted by atomic mass is 32.2. The zero-order valence-electron chi connectivity index (χ0n) is 12.0. The van der Waals surface area contributed by atoms with Gasteiger partial charge in [-0.2, -0.15) is 0 Å². The number of rotatable bonds is 7. The van der Waals surface area contributed by atoms with Crippen molar-refractivity contribution >= 4 is 46.6 Å². The minimum atomic E-state index is -1.10. The first-order chi connectivity index (χ1) is 10.4. The van der Waals surface area contributed by atoms with Gasteiger partial charge in [0.1, 0.15) is 6.54 Å². The number of ether oxygens (including phenoxy) is 1. The van der Waals surface area contributed by atoms with E-state index in [9.17, 15) is 14.7 Å². The SMILES string of the molecule is COc1cc(/C=C(\SC=S)C(=O)N(C)CC(=O)O)ccc1O. The van der Waals surface area contributed by atoms with Gasteiger partial charge in [-0.3, -0.25) is 9.59 Å². The van der Waals surface area contributed by atoms with E-state index in [1.165, 1.54) is 24.9 Å². The molecule has 0 aliphatic carbocycles. The monoisotopic (exact) mass is 341 g/mol. The third-order valence-corrected chi connectivity index (χ3v) is 3.54. The van der Waals surface area contributed by atoms with E-state index in [1.807, 2.05) is 0 Å². The number of carboxylic acids is 1. The van der Waals surface area contributed by atoms with Crippen LogP contribution in [0.15, 0.2) is 23.1 Å². The van der Waals surface area contributed by atoms with Crippen molar-refractivity contribution in [3.63, 3.8) is 0 Å². The molecule has 0 spiro atoms. The van der Waals surface area contributed by atoms with E-state index in [0.29, 0.717) is 5.56 Å². The summed E-state index contributed by atoms with van der Waals surface area (Å²) in [6.07, 6.45) is 1.55. The molecule has 0 aliphatic heterocycles. The van der Waals surface area contributed by atoms with Gasteiger partial charge in [-0.1, -0.05) is 30.0 Å². The molecule has 118 valence electrons. The number of carboxylic acid groups (broad SMARTS) is 1. The van der Waals surface area contributed by atoms with E-state index >= 15 is 0 Å². The Hall–Kier alpha value is -2.06. The summed E-state index contributed by atoms with van der Waals surface area (Å²) in [4.78, 5) is 24.3. The van der Waals surface area contributed by atoms with Gasteiger partial charge >= 0.3 is 5.97 Å². The van der Waals surface area contributed by atoms with Gasteiger partial charge in [-0.25, -0.2) is 0 Å². The minimum absolute atomic E-state index is 0.0157. The van der Waals surface area contributed by atoms with E-state index in [0.717, 1.165) is 16.7 Å². The minimum Gasteiger partial charge on any atom is -0.504 e. The number of thioether (sulfide) groups is 1. The maximum atomic E-state index is 12.2. The highest BCUT2D eigenvalue weighted by Gasteiger charge is 2.17. The fourth-order valence-electron chi connectivity index (χ4n) is 1.60. The third-order valence-electron chi connectivity index (χ3n) is 2.61. The maximum Gasteiger partial charge on any atom is 0.323 e. The predicted molar refractivity (Wildman–Crippen MR) is 89.2 cm³/mol. The van der Waals surface area contributed by atoms with E-state index in [-0.39, 0.29) is 16.4 Å². The lowest BCUT2D eigenvalue weighted by Gasteiger charge is -2.15. The number of nitrogens with zero attached hydrogens (tertiary/aromatic N) is 1. The standard InChI is InChI=1S/C14H15NO5S2/c1-15(7-13(17)18)14(19)12(22-8-21)6-9-3-4-10(16)11(5-9)20-2/h3-6,8,16H,7H2,1-2H3,(H,17,18)/b12-6-. The lowest BCUT2D eigenvalue weighted by Crippen LogP contribution is -2.32. The highest BCUT2D eigenvalue weighted by Crippen LogP contribution is 2.28. The first kappa shape index (κ1) is 18.0. The number of phenols is 1. The van der Waals surface area contributed by atoms with Crippen LogP contribution in [0.1, 0.15) is 5.56 Å². The van der Waals surface area contributed by atoms with Gasteiger partial charge in [0.2, 0.25) is 0 Å². The molecule has 2 N–H and O–H groups in total. The zero-order valence-corrected chi connectivity index (χ0v) is 13.6. The Kier molecular flexibility index (Phi) is 6.87. The number of amides is 1. The second-order valence-electron chi connectivity index (χ2n) is 4.21. The number of benzene rings is 1. The topological polar surface area (TPSA) is 87.1 Å². The van der Waals surface area contributed by atoms with Gasteiger partial charge < -0.3 is 19.8 Å². The number of likely N-dealkylation sites (N-methyl/N-ethyl adjacent to an activating group) is 1. The quantitative estimate of drug-likeness (QED) is 0.579. The zero-order chi connectivity index (χ0) is 16.7. The second-order valence-corrected chi connectivity index (χ2v) is 5.65. The number of phenolic OH excluding ortho intramolecular Hbond substituents is 1. The Morgan fingerprint density at radius 2 is 2.14 bits per heavy atom.